The van der Waals surface area contributed by atoms with Crippen LogP contribution in [0.5, 0.6) is 0 Å². The third-order valence-electron chi connectivity index (χ3n) is 1.74. The summed E-state index contributed by atoms with van der Waals surface area (Å²) < 4.78 is 4.82. The first-order valence-electron chi connectivity index (χ1n) is 4.71. The summed E-state index contributed by atoms with van der Waals surface area (Å²) in [6.07, 6.45) is -1.24. The molecule has 1 atom stereocenters. The van der Waals surface area contributed by atoms with E-state index in [-0.39, 0.29) is 13.0 Å². The molecule has 0 spiro atoms. The number of unbranched alkanes of at least 4 members (excludes halogenated alkanes) is 1. The van der Waals surface area contributed by atoms with Crippen molar-refractivity contribution in [2.45, 2.75) is 31.8 Å². The van der Waals surface area contributed by atoms with Crippen molar-refractivity contribution in [2.75, 3.05) is 6.61 Å². The van der Waals surface area contributed by atoms with Gasteiger partial charge in [0.05, 0.1) is 6.42 Å². The molecule has 0 rings (SSSR count). The van der Waals surface area contributed by atoms with Gasteiger partial charge in [-0.25, -0.2) is 4.79 Å². The number of carboxylic acid groups (broad SMARTS) is 3. The van der Waals surface area contributed by atoms with Crippen molar-refractivity contribution in [3.05, 3.63) is 0 Å². The summed E-state index contributed by atoms with van der Waals surface area (Å²) in [5.74, 6) is -3.51. The van der Waals surface area contributed by atoms with E-state index in [9.17, 15) is 14.4 Å². The molecule has 7 heteroatoms. The van der Waals surface area contributed by atoms with Crippen molar-refractivity contribution in [3.63, 3.8) is 0 Å². The number of aliphatic carboxylic acids is 3. The van der Waals surface area contributed by atoms with Crippen LogP contribution in [0, 0.1) is 0 Å². The monoisotopic (exact) mass is 234 g/mol. The fourth-order valence-electron chi connectivity index (χ4n) is 0.980. The van der Waals surface area contributed by atoms with Crippen LogP contribution >= 0.6 is 0 Å². The van der Waals surface area contributed by atoms with Gasteiger partial charge < -0.3 is 20.1 Å². The van der Waals surface area contributed by atoms with Crippen molar-refractivity contribution in [2.24, 2.45) is 0 Å². The zero-order chi connectivity index (χ0) is 12.6. The molecule has 0 saturated carbocycles. The van der Waals surface area contributed by atoms with Crippen LogP contribution in [0.1, 0.15) is 25.7 Å². The van der Waals surface area contributed by atoms with Crippen LogP contribution in [0.4, 0.5) is 0 Å². The zero-order valence-corrected chi connectivity index (χ0v) is 8.59. The van der Waals surface area contributed by atoms with Gasteiger partial charge in [0, 0.05) is 13.0 Å². The molecule has 0 aromatic carbocycles. The molecule has 0 amide bonds. The van der Waals surface area contributed by atoms with E-state index in [0.717, 1.165) is 0 Å². The molecule has 0 aliphatic heterocycles. The number of ether oxygens (including phenoxy) is 1. The third-order valence-corrected chi connectivity index (χ3v) is 1.74. The fourth-order valence-corrected chi connectivity index (χ4v) is 0.980. The van der Waals surface area contributed by atoms with E-state index in [1.807, 2.05) is 0 Å². The molecule has 0 radical (unpaired) electrons. The van der Waals surface area contributed by atoms with Crippen LogP contribution in [0.25, 0.3) is 0 Å². The molecule has 0 aliphatic rings. The van der Waals surface area contributed by atoms with Crippen LogP contribution in [-0.2, 0) is 19.1 Å². The zero-order valence-electron chi connectivity index (χ0n) is 8.59. The van der Waals surface area contributed by atoms with E-state index in [0.29, 0.717) is 12.8 Å². The molecule has 92 valence electrons. The van der Waals surface area contributed by atoms with Crippen LogP contribution in [-0.4, -0.2) is 45.9 Å². The summed E-state index contributed by atoms with van der Waals surface area (Å²) in [5.41, 5.74) is 0. The van der Waals surface area contributed by atoms with Crippen molar-refractivity contribution < 1.29 is 34.4 Å². The smallest absolute Gasteiger partial charge is 0.333 e. The predicted molar refractivity (Wildman–Crippen MR) is 51.1 cm³/mol. The minimum Gasteiger partial charge on any atom is -0.481 e. The number of hydrogen-bond donors (Lipinski definition) is 3. The van der Waals surface area contributed by atoms with E-state index in [1.54, 1.807) is 0 Å². The standard InChI is InChI=1S/C9H14O7/c10-7(11)3-1-2-4-16-6(9(14)15)5-8(12)13/h6H,1-5H2,(H,10,11)(H,12,13)(H,14,15). The molecule has 0 aromatic heterocycles. The minimum absolute atomic E-state index is 0.0139. The van der Waals surface area contributed by atoms with Gasteiger partial charge in [-0.2, -0.15) is 0 Å². The van der Waals surface area contributed by atoms with E-state index < -0.39 is 30.4 Å². The molecule has 1 unspecified atom stereocenters. The predicted octanol–water partition coefficient (Wildman–Crippen LogP) is 0.186. The summed E-state index contributed by atoms with van der Waals surface area (Å²) in [5, 5.41) is 25.3. The van der Waals surface area contributed by atoms with Gasteiger partial charge in [-0.05, 0) is 12.8 Å². The topological polar surface area (TPSA) is 121 Å². The molecule has 7 nitrogen and oxygen atoms in total. The average molecular weight is 234 g/mol. The fraction of sp³-hybridized carbons (Fsp3) is 0.667. The van der Waals surface area contributed by atoms with Gasteiger partial charge in [0.2, 0.25) is 0 Å². The van der Waals surface area contributed by atoms with E-state index >= 15 is 0 Å². The van der Waals surface area contributed by atoms with Crippen molar-refractivity contribution in [1.82, 2.24) is 0 Å². The summed E-state index contributed by atoms with van der Waals surface area (Å²) in [7, 11) is 0. The lowest BCUT2D eigenvalue weighted by molar-refractivity contribution is -0.157. The number of carbonyl (C=O) groups is 3. The Kier molecular flexibility index (Phi) is 6.86. The first-order chi connectivity index (χ1) is 7.43. The van der Waals surface area contributed by atoms with E-state index in [1.165, 1.54) is 0 Å². The lowest BCUT2D eigenvalue weighted by Crippen LogP contribution is -2.27. The normalized spacial score (nSPS) is 12.0. The maximum absolute atomic E-state index is 10.5. The summed E-state index contributed by atoms with van der Waals surface area (Å²) >= 11 is 0. The lowest BCUT2D eigenvalue weighted by Gasteiger charge is -2.10. The molecule has 0 bridgehead atoms. The molecule has 3 N–H and O–H groups in total. The molecule has 0 aliphatic carbocycles. The average Bonchev–Trinajstić information content (AvgIpc) is 2.14. The Morgan fingerprint density at radius 2 is 1.62 bits per heavy atom. The summed E-state index contributed by atoms with van der Waals surface area (Å²) in [6, 6.07) is 0. The van der Waals surface area contributed by atoms with Crippen LogP contribution < -0.4 is 0 Å². The number of hydrogen-bond acceptors (Lipinski definition) is 4. The van der Waals surface area contributed by atoms with Gasteiger partial charge >= 0.3 is 17.9 Å². The Morgan fingerprint density at radius 3 is 2.06 bits per heavy atom. The SMILES string of the molecule is O=C(O)CCCCOC(CC(=O)O)C(=O)O. The van der Waals surface area contributed by atoms with Gasteiger partial charge in [0.1, 0.15) is 0 Å². The molecule has 16 heavy (non-hydrogen) atoms. The second-order valence-electron chi connectivity index (χ2n) is 3.15. The molecular formula is C9H14O7. The van der Waals surface area contributed by atoms with E-state index in [4.69, 9.17) is 20.1 Å². The first kappa shape index (κ1) is 14.4. The van der Waals surface area contributed by atoms with Gasteiger partial charge in [-0.3, -0.25) is 9.59 Å². The van der Waals surface area contributed by atoms with Crippen molar-refractivity contribution in [1.29, 1.82) is 0 Å². The lowest BCUT2D eigenvalue weighted by atomic mass is 10.2. The largest absolute Gasteiger partial charge is 0.481 e. The molecular weight excluding hydrogens is 220 g/mol. The molecule has 0 heterocycles. The molecule has 0 fully saturated rings. The maximum atomic E-state index is 10.5. The maximum Gasteiger partial charge on any atom is 0.333 e. The summed E-state index contributed by atoms with van der Waals surface area (Å²) in [6.45, 7) is 0.0392. The highest BCUT2D eigenvalue weighted by atomic mass is 16.5. The van der Waals surface area contributed by atoms with Crippen molar-refractivity contribution >= 4 is 17.9 Å². The summed E-state index contributed by atoms with van der Waals surface area (Å²) in [4.78, 5) is 30.9. The van der Waals surface area contributed by atoms with Gasteiger partial charge in [-0.1, -0.05) is 0 Å². The Morgan fingerprint density at radius 1 is 1.00 bits per heavy atom. The molecule has 0 saturated heterocycles. The van der Waals surface area contributed by atoms with Crippen molar-refractivity contribution in [3.8, 4) is 0 Å². The minimum atomic E-state index is -1.37. The molecule has 0 aromatic rings. The Labute approximate surface area is 91.6 Å². The van der Waals surface area contributed by atoms with Gasteiger partial charge in [-0.15, -0.1) is 0 Å². The Balaban J connectivity index is 3.72. The van der Waals surface area contributed by atoms with E-state index in [2.05, 4.69) is 0 Å². The first-order valence-corrected chi connectivity index (χ1v) is 4.71. The van der Waals surface area contributed by atoms with Gasteiger partial charge in [0.15, 0.2) is 6.10 Å². The van der Waals surface area contributed by atoms with Gasteiger partial charge in [0.25, 0.3) is 0 Å². The third kappa shape index (κ3) is 7.74. The van der Waals surface area contributed by atoms with Crippen LogP contribution in [0.3, 0.4) is 0 Å². The quantitative estimate of drug-likeness (QED) is 0.486. The Hall–Kier alpha value is -1.63. The highest BCUT2D eigenvalue weighted by molar-refractivity contribution is 5.79. The second kappa shape index (κ2) is 7.63. The second-order valence-corrected chi connectivity index (χ2v) is 3.15. The van der Waals surface area contributed by atoms with Crippen LogP contribution in [0.15, 0.2) is 0 Å². The number of rotatable bonds is 9. The highest BCUT2D eigenvalue weighted by Gasteiger charge is 2.21. The Bertz CT molecular complexity index is 261. The number of carboxylic acids is 3. The highest BCUT2D eigenvalue weighted by Crippen LogP contribution is 2.03. The van der Waals surface area contributed by atoms with Crippen LogP contribution in [0.2, 0.25) is 0 Å².